The fourth-order valence-corrected chi connectivity index (χ4v) is 1.99. The van der Waals surface area contributed by atoms with Gasteiger partial charge < -0.3 is 10.1 Å². The van der Waals surface area contributed by atoms with Gasteiger partial charge in [-0.1, -0.05) is 27.2 Å². The molecule has 0 aliphatic rings. The fourth-order valence-electron chi connectivity index (χ4n) is 1.99. The molecule has 0 saturated heterocycles. The number of methoxy groups -OCH3 is 1. The molecule has 15 heavy (non-hydrogen) atoms. The first-order valence-electron chi connectivity index (χ1n) is 6.48. The minimum absolute atomic E-state index is 0.701. The summed E-state index contributed by atoms with van der Waals surface area (Å²) in [6.07, 6.45) is 6.28. The van der Waals surface area contributed by atoms with Crippen LogP contribution in [-0.4, -0.2) is 26.3 Å². The smallest absolute Gasteiger partial charge is 0.0462 e. The quantitative estimate of drug-likeness (QED) is 0.565. The molecule has 0 aromatic heterocycles. The van der Waals surface area contributed by atoms with Gasteiger partial charge in [-0.2, -0.15) is 0 Å². The lowest BCUT2D eigenvalue weighted by Gasteiger charge is -2.23. The summed E-state index contributed by atoms with van der Waals surface area (Å²) in [6.45, 7) is 8.93. The zero-order valence-corrected chi connectivity index (χ0v) is 11.0. The predicted octanol–water partition coefficient (Wildman–Crippen LogP) is 3.22. The van der Waals surface area contributed by atoms with E-state index in [1.165, 1.54) is 32.1 Å². The fraction of sp³-hybridized carbons (Fsp3) is 1.00. The first kappa shape index (κ1) is 14.9. The van der Waals surface area contributed by atoms with Crippen molar-refractivity contribution >= 4 is 0 Å². The standard InChI is InChI=1S/C13H29NO/c1-5-10-14-13(6-2)12(3)9-7-8-11-15-4/h12-14H,5-11H2,1-4H3. The molecule has 2 heteroatoms. The summed E-state index contributed by atoms with van der Waals surface area (Å²) in [4.78, 5) is 0. The Morgan fingerprint density at radius 1 is 1.20 bits per heavy atom. The van der Waals surface area contributed by atoms with E-state index in [2.05, 4.69) is 26.1 Å². The van der Waals surface area contributed by atoms with E-state index in [0.29, 0.717) is 6.04 Å². The molecule has 0 rings (SSSR count). The molecule has 0 aromatic rings. The molecule has 0 saturated carbocycles. The van der Waals surface area contributed by atoms with Crippen molar-refractivity contribution in [1.29, 1.82) is 0 Å². The van der Waals surface area contributed by atoms with Gasteiger partial charge in [0.2, 0.25) is 0 Å². The highest BCUT2D eigenvalue weighted by Gasteiger charge is 2.13. The van der Waals surface area contributed by atoms with Crippen LogP contribution in [-0.2, 0) is 4.74 Å². The number of unbranched alkanes of at least 4 members (excludes halogenated alkanes) is 1. The molecular formula is C13H29NO. The van der Waals surface area contributed by atoms with Gasteiger partial charge in [0.25, 0.3) is 0 Å². The molecule has 0 amide bonds. The molecule has 0 heterocycles. The second-order valence-electron chi connectivity index (χ2n) is 4.43. The maximum absolute atomic E-state index is 5.06. The van der Waals surface area contributed by atoms with Crippen molar-refractivity contribution in [2.75, 3.05) is 20.3 Å². The number of ether oxygens (including phenoxy) is 1. The van der Waals surface area contributed by atoms with Crippen molar-refractivity contribution in [3.05, 3.63) is 0 Å². The van der Waals surface area contributed by atoms with Gasteiger partial charge >= 0.3 is 0 Å². The van der Waals surface area contributed by atoms with Crippen LogP contribution in [0.25, 0.3) is 0 Å². The summed E-state index contributed by atoms with van der Waals surface area (Å²) in [5, 5.41) is 3.63. The monoisotopic (exact) mass is 215 g/mol. The summed E-state index contributed by atoms with van der Waals surface area (Å²) < 4.78 is 5.06. The van der Waals surface area contributed by atoms with Crippen LogP contribution in [0.1, 0.15) is 52.9 Å². The molecule has 0 aromatic carbocycles. The Kier molecular flexibility index (Phi) is 10.4. The van der Waals surface area contributed by atoms with Gasteiger partial charge in [0.15, 0.2) is 0 Å². The molecule has 2 nitrogen and oxygen atoms in total. The zero-order chi connectivity index (χ0) is 11.5. The number of hydrogen-bond donors (Lipinski definition) is 1. The number of nitrogens with one attached hydrogen (secondary N) is 1. The molecule has 92 valence electrons. The van der Waals surface area contributed by atoms with Crippen LogP contribution >= 0.6 is 0 Å². The average molecular weight is 215 g/mol. The highest BCUT2D eigenvalue weighted by Crippen LogP contribution is 2.14. The van der Waals surface area contributed by atoms with Crippen LogP contribution in [0.4, 0.5) is 0 Å². The van der Waals surface area contributed by atoms with E-state index in [1.807, 2.05) is 0 Å². The molecule has 0 bridgehead atoms. The van der Waals surface area contributed by atoms with Crippen molar-refractivity contribution in [3.63, 3.8) is 0 Å². The second-order valence-corrected chi connectivity index (χ2v) is 4.43. The maximum Gasteiger partial charge on any atom is 0.0462 e. The van der Waals surface area contributed by atoms with E-state index in [-0.39, 0.29) is 0 Å². The summed E-state index contributed by atoms with van der Waals surface area (Å²) in [5.41, 5.74) is 0. The molecule has 0 spiro atoms. The Labute approximate surface area is 95.8 Å². The molecule has 2 unspecified atom stereocenters. The molecule has 2 atom stereocenters. The lowest BCUT2D eigenvalue weighted by molar-refractivity contribution is 0.189. The van der Waals surface area contributed by atoms with Gasteiger partial charge in [0.1, 0.15) is 0 Å². The van der Waals surface area contributed by atoms with Gasteiger partial charge in [-0.15, -0.1) is 0 Å². The number of hydrogen-bond acceptors (Lipinski definition) is 2. The Balaban J connectivity index is 3.58. The number of rotatable bonds is 10. The SMILES string of the molecule is CCCNC(CC)C(C)CCCCOC. The van der Waals surface area contributed by atoms with Crippen LogP contribution < -0.4 is 5.32 Å². The summed E-state index contributed by atoms with van der Waals surface area (Å²) >= 11 is 0. The van der Waals surface area contributed by atoms with Crippen LogP contribution in [0.5, 0.6) is 0 Å². The van der Waals surface area contributed by atoms with Gasteiger partial charge in [-0.3, -0.25) is 0 Å². The first-order valence-corrected chi connectivity index (χ1v) is 6.48. The van der Waals surface area contributed by atoms with Gasteiger partial charge in [0, 0.05) is 19.8 Å². The van der Waals surface area contributed by atoms with E-state index in [0.717, 1.165) is 19.1 Å². The highest BCUT2D eigenvalue weighted by atomic mass is 16.5. The minimum atomic E-state index is 0.701. The predicted molar refractivity (Wildman–Crippen MR) is 67.3 cm³/mol. The van der Waals surface area contributed by atoms with Crippen LogP contribution in [0.2, 0.25) is 0 Å². The minimum Gasteiger partial charge on any atom is -0.385 e. The maximum atomic E-state index is 5.06. The third-order valence-corrected chi connectivity index (χ3v) is 3.04. The largest absolute Gasteiger partial charge is 0.385 e. The lowest BCUT2D eigenvalue weighted by atomic mass is 9.94. The van der Waals surface area contributed by atoms with Crippen molar-refractivity contribution < 1.29 is 4.74 Å². The molecule has 0 aliphatic heterocycles. The normalized spacial score (nSPS) is 15.2. The van der Waals surface area contributed by atoms with Crippen molar-refractivity contribution in [3.8, 4) is 0 Å². The van der Waals surface area contributed by atoms with E-state index in [9.17, 15) is 0 Å². The van der Waals surface area contributed by atoms with Crippen LogP contribution in [0.15, 0.2) is 0 Å². The lowest BCUT2D eigenvalue weighted by Crippen LogP contribution is -2.34. The molecular weight excluding hydrogens is 186 g/mol. The Hall–Kier alpha value is -0.0800. The summed E-state index contributed by atoms with van der Waals surface area (Å²) in [7, 11) is 1.78. The van der Waals surface area contributed by atoms with E-state index < -0.39 is 0 Å². The zero-order valence-electron chi connectivity index (χ0n) is 11.0. The van der Waals surface area contributed by atoms with Gasteiger partial charge in [0.05, 0.1) is 0 Å². The van der Waals surface area contributed by atoms with Crippen molar-refractivity contribution in [1.82, 2.24) is 5.32 Å². The van der Waals surface area contributed by atoms with E-state index in [4.69, 9.17) is 4.74 Å². The Morgan fingerprint density at radius 2 is 1.93 bits per heavy atom. The molecule has 1 N–H and O–H groups in total. The van der Waals surface area contributed by atoms with E-state index in [1.54, 1.807) is 7.11 Å². The van der Waals surface area contributed by atoms with E-state index >= 15 is 0 Å². The third-order valence-electron chi connectivity index (χ3n) is 3.04. The summed E-state index contributed by atoms with van der Waals surface area (Å²) in [6, 6.07) is 0.701. The van der Waals surface area contributed by atoms with Gasteiger partial charge in [-0.25, -0.2) is 0 Å². The first-order chi connectivity index (χ1) is 7.26. The third kappa shape index (κ3) is 7.80. The van der Waals surface area contributed by atoms with Gasteiger partial charge in [-0.05, 0) is 38.1 Å². The molecule has 0 aliphatic carbocycles. The molecule has 0 radical (unpaired) electrons. The average Bonchev–Trinajstić information content (AvgIpc) is 2.25. The Bertz CT molecular complexity index is 128. The van der Waals surface area contributed by atoms with Crippen molar-refractivity contribution in [2.45, 2.75) is 58.9 Å². The van der Waals surface area contributed by atoms with Crippen LogP contribution in [0.3, 0.4) is 0 Å². The summed E-state index contributed by atoms with van der Waals surface area (Å²) in [5.74, 6) is 0.790. The topological polar surface area (TPSA) is 21.3 Å². The Morgan fingerprint density at radius 3 is 2.47 bits per heavy atom. The molecule has 0 fully saturated rings. The van der Waals surface area contributed by atoms with Crippen molar-refractivity contribution in [2.24, 2.45) is 5.92 Å². The highest BCUT2D eigenvalue weighted by molar-refractivity contribution is 4.71. The second kappa shape index (κ2) is 10.4. The van der Waals surface area contributed by atoms with Crippen LogP contribution in [0, 0.1) is 5.92 Å².